The normalized spacial score (nSPS) is 18.0. The van der Waals surface area contributed by atoms with Crippen molar-refractivity contribution < 1.29 is 9.47 Å². The molecule has 0 aromatic rings. The number of likely N-dealkylation sites (N-methyl/N-ethyl adjacent to an activating group) is 1. The molecular weight excluding hydrogens is 538 g/mol. The molecule has 1 fully saturated rings. The van der Waals surface area contributed by atoms with Crippen molar-refractivity contribution in [2.24, 2.45) is 0 Å². The molecular formula is C41H75NO2. The van der Waals surface area contributed by atoms with E-state index in [0.29, 0.717) is 0 Å². The van der Waals surface area contributed by atoms with Gasteiger partial charge in [0, 0.05) is 26.3 Å². The molecule has 0 spiro atoms. The van der Waals surface area contributed by atoms with E-state index in [0.717, 1.165) is 39.1 Å². The Hall–Kier alpha value is -1.16. The van der Waals surface area contributed by atoms with Crippen molar-refractivity contribution in [3.8, 4) is 0 Å². The number of hydrogen-bond donors (Lipinski definition) is 0. The van der Waals surface area contributed by atoms with Crippen molar-refractivity contribution in [2.75, 3.05) is 33.4 Å². The molecule has 256 valence electrons. The smallest absolute Gasteiger partial charge is 0.0975 e. The molecule has 1 heterocycles. The largest absolute Gasteiger partial charge is 0.374 e. The van der Waals surface area contributed by atoms with Gasteiger partial charge in [-0.05, 0) is 84.1 Å². The molecule has 0 aliphatic carbocycles. The predicted octanol–water partition coefficient (Wildman–Crippen LogP) is 12.3. The first-order valence-electron chi connectivity index (χ1n) is 19.3. The second-order valence-corrected chi connectivity index (χ2v) is 13.2. The summed E-state index contributed by atoms with van der Waals surface area (Å²) in [7, 11) is 2.20. The van der Waals surface area contributed by atoms with Crippen molar-refractivity contribution >= 4 is 0 Å². The lowest BCUT2D eigenvalue weighted by Crippen LogP contribution is -2.30. The Balaban J connectivity index is 1.90. The van der Waals surface area contributed by atoms with E-state index in [1.807, 2.05) is 0 Å². The van der Waals surface area contributed by atoms with Crippen LogP contribution in [0.4, 0.5) is 0 Å². The fourth-order valence-electron chi connectivity index (χ4n) is 5.89. The quantitative estimate of drug-likeness (QED) is 0.0556. The van der Waals surface area contributed by atoms with Gasteiger partial charge in [-0.3, -0.25) is 0 Å². The summed E-state index contributed by atoms with van der Waals surface area (Å²) in [6, 6.07) is 0. The van der Waals surface area contributed by atoms with Crippen molar-refractivity contribution in [2.45, 2.75) is 180 Å². The number of unbranched alkanes of at least 4 members (excludes halogenated alkanes) is 18. The highest BCUT2D eigenvalue weighted by molar-refractivity contribution is 4.93. The van der Waals surface area contributed by atoms with E-state index in [4.69, 9.17) is 9.47 Å². The Bertz CT molecular complexity index is 639. The number of likely N-dealkylation sites (tertiary alicyclic amines) is 1. The molecule has 0 amide bonds. The van der Waals surface area contributed by atoms with Gasteiger partial charge in [0.25, 0.3) is 0 Å². The third-order valence-electron chi connectivity index (χ3n) is 8.75. The average molecular weight is 614 g/mol. The van der Waals surface area contributed by atoms with Crippen molar-refractivity contribution in [1.82, 2.24) is 4.90 Å². The first-order chi connectivity index (χ1) is 21.8. The zero-order chi connectivity index (χ0) is 31.6. The fraction of sp³-hybridized carbons (Fsp3) is 0.805. The van der Waals surface area contributed by atoms with E-state index in [1.165, 1.54) is 141 Å². The number of allylic oxidation sites excluding steroid dienone is 8. The first kappa shape index (κ1) is 40.9. The topological polar surface area (TPSA) is 21.7 Å². The van der Waals surface area contributed by atoms with Crippen LogP contribution in [0.25, 0.3) is 0 Å². The molecule has 2 atom stereocenters. The SMILES string of the molecule is CCCCCC=CCC=CCCCCCCCCO[C@H]1CN(C)C[C@H]1OCCCCCCCCC=CCC=CCCCCC. The van der Waals surface area contributed by atoms with Gasteiger partial charge in [-0.1, -0.05) is 140 Å². The number of ether oxygens (including phenoxy) is 2. The average Bonchev–Trinajstić information content (AvgIpc) is 3.38. The molecule has 1 aliphatic heterocycles. The maximum Gasteiger partial charge on any atom is 0.0975 e. The van der Waals surface area contributed by atoms with E-state index < -0.39 is 0 Å². The molecule has 44 heavy (non-hydrogen) atoms. The van der Waals surface area contributed by atoms with Crippen molar-refractivity contribution in [1.29, 1.82) is 0 Å². The molecule has 0 aromatic carbocycles. The summed E-state index contributed by atoms with van der Waals surface area (Å²) < 4.78 is 12.6. The van der Waals surface area contributed by atoms with Crippen LogP contribution in [0.1, 0.15) is 168 Å². The Morgan fingerprint density at radius 2 is 0.750 bits per heavy atom. The van der Waals surface area contributed by atoms with Gasteiger partial charge in [0.05, 0.1) is 12.2 Å². The number of hydrogen-bond acceptors (Lipinski definition) is 3. The lowest BCUT2D eigenvalue weighted by molar-refractivity contribution is -0.0481. The van der Waals surface area contributed by atoms with Gasteiger partial charge < -0.3 is 14.4 Å². The molecule has 1 saturated heterocycles. The number of rotatable bonds is 32. The Kier molecular flexibility index (Phi) is 30.8. The summed E-state index contributed by atoms with van der Waals surface area (Å²) in [6.07, 6.45) is 50.2. The van der Waals surface area contributed by atoms with Gasteiger partial charge in [-0.15, -0.1) is 0 Å². The van der Waals surface area contributed by atoms with Crippen LogP contribution in [0.2, 0.25) is 0 Å². The van der Waals surface area contributed by atoms with Crippen LogP contribution in [0.15, 0.2) is 48.6 Å². The van der Waals surface area contributed by atoms with E-state index in [-0.39, 0.29) is 12.2 Å². The van der Waals surface area contributed by atoms with Gasteiger partial charge in [-0.25, -0.2) is 0 Å². The van der Waals surface area contributed by atoms with Gasteiger partial charge in [0.15, 0.2) is 0 Å². The molecule has 0 saturated carbocycles. The molecule has 0 aromatic heterocycles. The lowest BCUT2D eigenvalue weighted by atomic mass is 10.1. The van der Waals surface area contributed by atoms with Crippen molar-refractivity contribution in [3.63, 3.8) is 0 Å². The van der Waals surface area contributed by atoms with E-state index in [1.54, 1.807) is 0 Å². The van der Waals surface area contributed by atoms with Gasteiger partial charge in [0.2, 0.25) is 0 Å². The third-order valence-corrected chi connectivity index (χ3v) is 8.75. The summed E-state index contributed by atoms with van der Waals surface area (Å²) in [5, 5.41) is 0. The zero-order valence-electron chi connectivity index (χ0n) is 29.8. The summed E-state index contributed by atoms with van der Waals surface area (Å²) in [6.45, 7) is 8.33. The van der Waals surface area contributed by atoms with Crippen molar-refractivity contribution in [3.05, 3.63) is 48.6 Å². The maximum atomic E-state index is 6.30. The van der Waals surface area contributed by atoms with E-state index in [2.05, 4.69) is 74.4 Å². The monoisotopic (exact) mass is 614 g/mol. The zero-order valence-corrected chi connectivity index (χ0v) is 29.8. The second-order valence-electron chi connectivity index (χ2n) is 13.2. The molecule has 1 aliphatic rings. The first-order valence-corrected chi connectivity index (χ1v) is 19.3. The summed E-state index contributed by atoms with van der Waals surface area (Å²) in [5.41, 5.74) is 0. The minimum absolute atomic E-state index is 0.252. The maximum absolute atomic E-state index is 6.30. The lowest BCUT2D eigenvalue weighted by Gasteiger charge is -2.20. The summed E-state index contributed by atoms with van der Waals surface area (Å²) in [5.74, 6) is 0. The van der Waals surface area contributed by atoms with Crippen LogP contribution < -0.4 is 0 Å². The molecule has 0 bridgehead atoms. The van der Waals surface area contributed by atoms with Gasteiger partial charge in [-0.2, -0.15) is 0 Å². The molecule has 3 nitrogen and oxygen atoms in total. The highest BCUT2D eigenvalue weighted by Crippen LogP contribution is 2.18. The Morgan fingerprint density at radius 1 is 0.432 bits per heavy atom. The van der Waals surface area contributed by atoms with E-state index >= 15 is 0 Å². The van der Waals surface area contributed by atoms with Crippen LogP contribution in [0, 0.1) is 0 Å². The van der Waals surface area contributed by atoms with Crippen LogP contribution in [-0.2, 0) is 9.47 Å². The minimum atomic E-state index is 0.252. The van der Waals surface area contributed by atoms with Crippen LogP contribution in [0.5, 0.6) is 0 Å². The van der Waals surface area contributed by atoms with Crippen LogP contribution in [-0.4, -0.2) is 50.5 Å². The summed E-state index contributed by atoms with van der Waals surface area (Å²) in [4.78, 5) is 2.37. The van der Waals surface area contributed by atoms with Gasteiger partial charge in [0.1, 0.15) is 0 Å². The van der Waals surface area contributed by atoms with Crippen LogP contribution in [0.3, 0.4) is 0 Å². The molecule has 0 unspecified atom stereocenters. The van der Waals surface area contributed by atoms with Gasteiger partial charge >= 0.3 is 0 Å². The Morgan fingerprint density at radius 3 is 1.11 bits per heavy atom. The summed E-state index contributed by atoms with van der Waals surface area (Å²) >= 11 is 0. The second kappa shape index (κ2) is 33.2. The molecule has 1 rings (SSSR count). The van der Waals surface area contributed by atoms with Crippen LogP contribution >= 0.6 is 0 Å². The highest BCUT2D eigenvalue weighted by Gasteiger charge is 2.32. The third kappa shape index (κ3) is 27.2. The molecule has 0 radical (unpaired) electrons. The van der Waals surface area contributed by atoms with E-state index in [9.17, 15) is 0 Å². The highest BCUT2D eigenvalue weighted by atomic mass is 16.5. The molecule has 3 heteroatoms. The fourth-order valence-corrected chi connectivity index (χ4v) is 5.89. The number of nitrogens with zero attached hydrogens (tertiary/aromatic N) is 1. The molecule has 0 N–H and O–H groups in total. The standard InChI is InChI=1S/C41H75NO2/c1-4-6-8-10-12-14-16-18-20-22-24-26-28-30-32-34-36-43-40-38-42(3)39-41(40)44-37-35-33-31-29-27-25-23-21-19-17-15-13-11-9-7-5-2/h12-15,18-21,40-41H,4-11,16-17,22-39H2,1-3H3/t40-,41+. The minimum Gasteiger partial charge on any atom is -0.374 e. The predicted molar refractivity (Wildman–Crippen MR) is 196 cm³/mol. The Labute approximate surface area is 276 Å².